The van der Waals surface area contributed by atoms with Crippen LogP contribution in [0.1, 0.15) is 181 Å². The van der Waals surface area contributed by atoms with Crippen LogP contribution in [-0.4, -0.2) is 161 Å². The zero-order chi connectivity index (χ0) is 47.0. The van der Waals surface area contributed by atoms with Crippen LogP contribution in [0.4, 0.5) is 14.4 Å². The average Bonchev–Trinajstić information content (AvgIpc) is 3.17. The molecular formula is C51H96N6O6. The number of piperidine rings is 6. The summed E-state index contributed by atoms with van der Waals surface area (Å²) in [4.78, 5) is 50.0. The summed E-state index contributed by atoms with van der Waals surface area (Å²) in [5.41, 5.74) is 0.0501. The minimum Gasteiger partial charge on any atom is -0.444 e. The summed E-state index contributed by atoms with van der Waals surface area (Å²) in [6.45, 7) is 43.4. The fourth-order valence-corrected chi connectivity index (χ4v) is 10.7. The summed E-state index contributed by atoms with van der Waals surface area (Å²) in [6.07, 6.45) is 14.1. The van der Waals surface area contributed by atoms with Gasteiger partial charge < -0.3 is 43.6 Å². The van der Waals surface area contributed by atoms with E-state index in [1.54, 1.807) is 0 Å². The fraction of sp³-hybridized carbons (Fsp3) is 0.941. The molecule has 0 unspecified atom stereocenters. The number of rotatable bonds is 3. The maximum atomic E-state index is 12.3. The van der Waals surface area contributed by atoms with E-state index in [4.69, 9.17) is 14.2 Å². The Morgan fingerprint density at radius 3 is 1.03 bits per heavy atom. The third kappa shape index (κ3) is 16.8. The number of likely N-dealkylation sites (tertiary alicyclic amines) is 6. The van der Waals surface area contributed by atoms with Gasteiger partial charge in [0.1, 0.15) is 16.8 Å². The number of carbonyl (C=O) groups is 3. The van der Waals surface area contributed by atoms with E-state index in [1.807, 2.05) is 77.0 Å². The van der Waals surface area contributed by atoms with Crippen molar-refractivity contribution in [3.63, 3.8) is 0 Å². The van der Waals surface area contributed by atoms with Crippen molar-refractivity contribution in [1.82, 2.24) is 29.4 Å². The lowest BCUT2D eigenvalue weighted by atomic mass is 9.71. The Morgan fingerprint density at radius 2 is 0.667 bits per heavy atom. The van der Waals surface area contributed by atoms with Crippen LogP contribution in [0, 0.1) is 16.2 Å². The Hall–Kier alpha value is -2.31. The summed E-state index contributed by atoms with van der Waals surface area (Å²) < 4.78 is 16.5. The Kier molecular flexibility index (Phi) is 18.6. The lowest BCUT2D eigenvalue weighted by Crippen LogP contribution is -2.52. The van der Waals surface area contributed by atoms with Crippen molar-refractivity contribution in [2.75, 3.05) is 78.5 Å². The van der Waals surface area contributed by atoms with Gasteiger partial charge in [0.15, 0.2) is 0 Å². The van der Waals surface area contributed by atoms with Crippen molar-refractivity contribution >= 4 is 18.3 Å². The van der Waals surface area contributed by atoms with E-state index in [9.17, 15) is 14.4 Å². The van der Waals surface area contributed by atoms with Crippen LogP contribution >= 0.6 is 0 Å². The van der Waals surface area contributed by atoms with Crippen LogP contribution in [0.5, 0.6) is 0 Å². The second kappa shape index (κ2) is 22.0. The van der Waals surface area contributed by atoms with Gasteiger partial charge in [-0.2, -0.15) is 0 Å². The van der Waals surface area contributed by atoms with Crippen molar-refractivity contribution in [3.8, 4) is 0 Å². The minimum absolute atomic E-state index is 0.132. The summed E-state index contributed by atoms with van der Waals surface area (Å²) in [5.74, 6) is 0. The van der Waals surface area contributed by atoms with Gasteiger partial charge in [0.25, 0.3) is 0 Å². The summed E-state index contributed by atoms with van der Waals surface area (Å²) in [7, 11) is 0. The van der Waals surface area contributed by atoms with Gasteiger partial charge in [0.2, 0.25) is 0 Å². The Morgan fingerprint density at radius 1 is 0.365 bits per heavy atom. The van der Waals surface area contributed by atoms with Crippen molar-refractivity contribution < 1.29 is 28.6 Å². The number of amides is 3. The molecule has 0 saturated carbocycles. The predicted octanol–water partition coefficient (Wildman–Crippen LogP) is 10.5. The zero-order valence-corrected chi connectivity index (χ0v) is 43.3. The summed E-state index contributed by atoms with van der Waals surface area (Å²) in [5, 5.41) is 0. The molecule has 3 amide bonds. The van der Waals surface area contributed by atoms with Gasteiger partial charge in [0.05, 0.1) is 0 Å². The molecule has 0 N–H and O–H groups in total. The van der Waals surface area contributed by atoms with Gasteiger partial charge in [-0.05, 0) is 230 Å². The van der Waals surface area contributed by atoms with Crippen LogP contribution in [0.15, 0.2) is 0 Å². The molecule has 12 heteroatoms. The average molecular weight is 889 g/mol. The first kappa shape index (κ1) is 53.3. The Balaban J connectivity index is 0.000000207. The fourth-order valence-electron chi connectivity index (χ4n) is 10.7. The highest BCUT2D eigenvalue weighted by atomic mass is 16.6. The second-order valence-corrected chi connectivity index (χ2v) is 24.4. The zero-order valence-electron chi connectivity index (χ0n) is 43.3. The molecule has 6 aliphatic rings. The third-order valence-corrected chi connectivity index (χ3v) is 14.9. The molecule has 6 rings (SSSR count). The minimum atomic E-state index is -0.400. The van der Waals surface area contributed by atoms with Crippen molar-refractivity contribution in [2.45, 2.75) is 216 Å². The number of ether oxygens (including phenoxy) is 3. The van der Waals surface area contributed by atoms with Gasteiger partial charge in [-0.25, -0.2) is 14.4 Å². The number of nitrogens with zero attached hydrogens (tertiary/aromatic N) is 6. The first-order valence-corrected chi connectivity index (χ1v) is 25.3. The maximum absolute atomic E-state index is 12.3. The molecule has 6 heterocycles. The van der Waals surface area contributed by atoms with Crippen LogP contribution in [-0.2, 0) is 14.2 Å². The molecule has 366 valence electrons. The van der Waals surface area contributed by atoms with Crippen LogP contribution in [0.3, 0.4) is 0 Å². The van der Waals surface area contributed by atoms with E-state index < -0.39 is 16.8 Å². The molecular weight excluding hydrogens is 793 g/mol. The highest BCUT2D eigenvalue weighted by Gasteiger charge is 2.43. The monoisotopic (exact) mass is 889 g/mol. The molecule has 0 aromatic rings. The van der Waals surface area contributed by atoms with Crippen LogP contribution < -0.4 is 0 Å². The van der Waals surface area contributed by atoms with Gasteiger partial charge in [0, 0.05) is 63.9 Å². The summed E-state index contributed by atoms with van der Waals surface area (Å²) in [6, 6.07) is 1.92. The van der Waals surface area contributed by atoms with Crippen molar-refractivity contribution in [3.05, 3.63) is 0 Å². The van der Waals surface area contributed by atoms with E-state index in [0.717, 1.165) is 71.4 Å². The van der Waals surface area contributed by atoms with E-state index in [-0.39, 0.29) is 18.3 Å². The largest absolute Gasteiger partial charge is 0.444 e. The molecule has 0 bridgehead atoms. The van der Waals surface area contributed by atoms with Gasteiger partial charge >= 0.3 is 18.3 Å². The number of hydrogen-bond acceptors (Lipinski definition) is 9. The third-order valence-electron chi connectivity index (χ3n) is 14.9. The molecule has 0 atom stereocenters. The maximum Gasteiger partial charge on any atom is 0.410 e. The van der Waals surface area contributed by atoms with Crippen LogP contribution in [0.2, 0.25) is 0 Å². The second-order valence-electron chi connectivity index (χ2n) is 24.4. The van der Waals surface area contributed by atoms with E-state index in [2.05, 4.69) is 56.2 Å². The number of carbonyl (C=O) groups excluding carboxylic acids is 3. The van der Waals surface area contributed by atoms with E-state index in [0.29, 0.717) is 34.4 Å². The van der Waals surface area contributed by atoms with Gasteiger partial charge in [-0.3, -0.25) is 0 Å². The summed E-state index contributed by atoms with van der Waals surface area (Å²) >= 11 is 0. The quantitative estimate of drug-likeness (QED) is 0.257. The topological polar surface area (TPSA) is 98.3 Å². The Bertz CT molecular complexity index is 1430. The molecule has 0 aliphatic carbocycles. The highest BCUT2D eigenvalue weighted by molar-refractivity contribution is 5.69. The smallest absolute Gasteiger partial charge is 0.410 e. The molecule has 6 aliphatic heterocycles. The standard InChI is InChI=1S/3C17H32N2O2/c1-14(2)18-10-6-17(7-11-18)8-12-19(13-9-17)15(20)21-16(3,4)5;1-14(2)19-10-6-7-17(13-19)8-11-18(12-9-17)15(20)21-16(3,4)5;1-14(2)18-11-8-17(9-12-18)7-6-10-19(13-17)15(20)21-16(3,4)5/h3*14H,6-13H2,1-5H3. The molecule has 6 saturated heterocycles. The molecule has 0 aromatic carbocycles. The first-order chi connectivity index (χ1) is 29.1. The first-order valence-electron chi connectivity index (χ1n) is 25.3. The molecule has 6 fully saturated rings. The SMILES string of the molecule is CC(C)N1CCC2(CCCN(C(=O)OC(C)(C)C)C2)CC1.CC(C)N1CCC2(CCN(C(=O)OC(C)(C)C)CC2)CC1.CC(C)N1CCCC2(CCN(C(=O)OC(C)(C)C)CC2)C1. The van der Waals surface area contributed by atoms with E-state index >= 15 is 0 Å². The lowest BCUT2D eigenvalue weighted by molar-refractivity contribution is -0.0145. The molecule has 63 heavy (non-hydrogen) atoms. The Labute approximate surface area is 385 Å². The van der Waals surface area contributed by atoms with Crippen molar-refractivity contribution in [2.24, 2.45) is 16.2 Å². The van der Waals surface area contributed by atoms with E-state index in [1.165, 1.54) is 84.2 Å². The molecule has 0 aromatic heterocycles. The van der Waals surface area contributed by atoms with Gasteiger partial charge in [-0.15, -0.1) is 0 Å². The normalized spacial score (nSPS) is 23.6. The van der Waals surface area contributed by atoms with Crippen LogP contribution in [0.25, 0.3) is 0 Å². The molecule has 0 radical (unpaired) electrons. The van der Waals surface area contributed by atoms with Crippen molar-refractivity contribution in [1.29, 1.82) is 0 Å². The molecule has 3 spiro atoms. The molecule has 12 nitrogen and oxygen atoms in total. The van der Waals surface area contributed by atoms with Gasteiger partial charge in [-0.1, -0.05) is 0 Å². The highest BCUT2D eigenvalue weighted by Crippen LogP contribution is 2.43. The number of hydrogen-bond donors (Lipinski definition) is 0. The lowest BCUT2D eigenvalue weighted by Gasteiger charge is -2.48. The predicted molar refractivity (Wildman–Crippen MR) is 256 cm³/mol.